The van der Waals surface area contributed by atoms with E-state index in [1.807, 2.05) is 30.3 Å². The first-order valence-corrected chi connectivity index (χ1v) is 6.24. The van der Waals surface area contributed by atoms with Crippen molar-refractivity contribution in [2.24, 2.45) is 0 Å². The lowest BCUT2D eigenvalue weighted by Gasteiger charge is -2.15. The van der Waals surface area contributed by atoms with Crippen LogP contribution in [0.3, 0.4) is 0 Å². The van der Waals surface area contributed by atoms with Crippen molar-refractivity contribution in [3.8, 4) is 16.9 Å². The summed E-state index contributed by atoms with van der Waals surface area (Å²) in [5.41, 5.74) is 4.60. The highest BCUT2D eigenvalue weighted by Crippen LogP contribution is 2.50. The Morgan fingerprint density at radius 2 is 1.78 bits per heavy atom. The van der Waals surface area contributed by atoms with Gasteiger partial charge in [-0.2, -0.15) is 0 Å². The Hall–Kier alpha value is -1.80. The van der Waals surface area contributed by atoms with Crippen LogP contribution in [0.15, 0.2) is 36.4 Å². The van der Waals surface area contributed by atoms with E-state index in [-0.39, 0.29) is 5.75 Å². The average Bonchev–Trinajstić information content (AvgIpc) is 2.65. The minimum Gasteiger partial charge on any atom is -0.507 e. The maximum atomic E-state index is 10.5. The molecule has 2 heteroatoms. The number of hydrogen-bond acceptors (Lipinski definition) is 2. The quantitative estimate of drug-likeness (QED) is 0.799. The second-order valence-electron chi connectivity index (χ2n) is 5.11. The molecule has 0 amide bonds. The van der Waals surface area contributed by atoms with Crippen molar-refractivity contribution >= 4 is 0 Å². The highest BCUT2D eigenvalue weighted by molar-refractivity contribution is 5.83. The monoisotopic (exact) mass is 240 g/mol. The standard InChI is InChI=1S/C16H16O2/c1-9(2)10-7-8-13(17)14-11-5-3-4-6-12(11)16(18)15(10)14/h3-9,16-18H,1-2H3. The molecule has 0 fully saturated rings. The number of fused-ring (bicyclic) bond motifs is 3. The van der Waals surface area contributed by atoms with Gasteiger partial charge in [-0.15, -0.1) is 0 Å². The summed E-state index contributed by atoms with van der Waals surface area (Å²) in [6, 6.07) is 11.4. The van der Waals surface area contributed by atoms with Crippen LogP contribution >= 0.6 is 0 Å². The molecule has 2 nitrogen and oxygen atoms in total. The SMILES string of the molecule is CC(C)c1ccc(O)c2c1C(O)c1ccccc1-2. The molecule has 0 radical (unpaired) electrons. The summed E-state index contributed by atoms with van der Waals surface area (Å²) in [4.78, 5) is 0. The van der Waals surface area contributed by atoms with E-state index in [2.05, 4.69) is 13.8 Å². The van der Waals surface area contributed by atoms with E-state index in [1.165, 1.54) is 0 Å². The summed E-state index contributed by atoms with van der Waals surface area (Å²) >= 11 is 0. The predicted octanol–water partition coefficient (Wildman–Crippen LogP) is 3.58. The van der Waals surface area contributed by atoms with Crippen molar-refractivity contribution in [3.63, 3.8) is 0 Å². The van der Waals surface area contributed by atoms with Gasteiger partial charge in [0.2, 0.25) is 0 Å². The van der Waals surface area contributed by atoms with Crippen LogP contribution in [0.25, 0.3) is 11.1 Å². The van der Waals surface area contributed by atoms with Gasteiger partial charge in [0.15, 0.2) is 0 Å². The van der Waals surface area contributed by atoms with Crippen LogP contribution in [0.1, 0.15) is 42.6 Å². The molecule has 1 aliphatic carbocycles. The Bertz CT molecular complexity index is 614. The lowest BCUT2D eigenvalue weighted by atomic mass is 9.92. The highest BCUT2D eigenvalue weighted by atomic mass is 16.3. The largest absolute Gasteiger partial charge is 0.507 e. The molecule has 92 valence electrons. The van der Waals surface area contributed by atoms with Crippen molar-refractivity contribution in [2.75, 3.05) is 0 Å². The van der Waals surface area contributed by atoms with Gasteiger partial charge in [-0.1, -0.05) is 44.2 Å². The van der Waals surface area contributed by atoms with Gasteiger partial charge in [0, 0.05) is 5.56 Å². The molecule has 0 bridgehead atoms. The molecule has 0 aromatic heterocycles. The van der Waals surface area contributed by atoms with Gasteiger partial charge in [0.1, 0.15) is 11.9 Å². The Labute approximate surface area is 107 Å². The smallest absolute Gasteiger partial charge is 0.123 e. The summed E-state index contributed by atoms with van der Waals surface area (Å²) in [7, 11) is 0. The summed E-state index contributed by atoms with van der Waals surface area (Å²) < 4.78 is 0. The van der Waals surface area contributed by atoms with Crippen LogP contribution in [-0.4, -0.2) is 10.2 Å². The Morgan fingerprint density at radius 3 is 2.50 bits per heavy atom. The lowest BCUT2D eigenvalue weighted by Crippen LogP contribution is -2.01. The molecule has 1 atom stereocenters. The lowest BCUT2D eigenvalue weighted by molar-refractivity contribution is 0.223. The third-order valence-corrected chi connectivity index (χ3v) is 3.68. The molecular weight excluding hydrogens is 224 g/mol. The minimum atomic E-state index is -0.624. The van der Waals surface area contributed by atoms with E-state index in [0.717, 1.165) is 27.8 Å². The number of benzene rings is 2. The fraction of sp³-hybridized carbons (Fsp3) is 0.250. The second-order valence-corrected chi connectivity index (χ2v) is 5.11. The molecule has 0 saturated carbocycles. The number of aliphatic hydroxyl groups is 1. The Kier molecular flexibility index (Phi) is 2.42. The van der Waals surface area contributed by atoms with Gasteiger partial charge in [-0.05, 0) is 34.2 Å². The molecule has 1 unspecified atom stereocenters. The zero-order valence-electron chi connectivity index (χ0n) is 10.5. The molecule has 1 aliphatic rings. The summed E-state index contributed by atoms with van der Waals surface area (Å²) in [6.45, 7) is 4.20. The molecule has 0 heterocycles. The third kappa shape index (κ3) is 1.39. The van der Waals surface area contributed by atoms with E-state index in [9.17, 15) is 10.2 Å². The summed E-state index contributed by atoms with van der Waals surface area (Å²) in [5.74, 6) is 0.571. The van der Waals surface area contributed by atoms with E-state index in [1.54, 1.807) is 6.07 Å². The van der Waals surface area contributed by atoms with E-state index >= 15 is 0 Å². The number of aliphatic hydroxyl groups excluding tert-OH is 1. The fourth-order valence-electron chi connectivity index (χ4n) is 2.82. The second kappa shape index (κ2) is 3.85. The first kappa shape index (κ1) is 11.3. The topological polar surface area (TPSA) is 40.5 Å². The Balaban J connectivity index is 2.36. The van der Waals surface area contributed by atoms with Crippen molar-refractivity contribution in [3.05, 3.63) is 53.1 Å². The van der Waals surface area contributed by atoms with Gasteiger partial charge in [0.25, 0.3) is 0 Å². The first-order chi connectivity index (χ1) is 8.61. The zero-order valence-corrected chi connectivity index (χ0v) is 10.5. The first-order valence-electron chi connectivity index (χ1n) is 6.24. The number of phenolic OH excluding ortho intramolecular Hbond substituents is 1. The minimum absolute atomic E-state index is 0.249. The molecular formula is C16H16O2. The molecule has 2 aromatic carbocycles. The van der Waals surface area contributed by atoms with Crippen LogP contribution < -0.4 is 0 Å². The average molecular weight is 240 g/mol. The highest BCUT2D eigenvalue weighted by Gasteiger charge is 2.31. The van der Waals surface area contributed by atoms with Gasteiger partial charge >= 0.3 is 0 Å². The predicted molar refractivity (Wildman–Crippen MR) is 71.7 cm³/mol. The van der Waals surface area contributed by atoms with Crippen LogP contribution in [0.2, 0.25) is 0 Å². The summed E-state index contributed by atoms with van der Waals surface area (Å²) in [6.07, 6.45) is -0.624. The van der Waals surface area contributed by atoms with Crippen LogP contribution in [0, 0.1) is 0 Å². The molecule has 0 aliphatic heterocycles. The molecule has 2 N–H and O–H groups in total. The third-order valence-electron chi connectivity index (χ3n) is 3.68. The van der Waals surface area contributed by atoms with Crippen LogP contribution in [0.5, 0.6) is 5.75 Å². The van der Waals surface area contributed by atoms with Crippen LogP contribution in [0.4, 0.5) is 0 Å². The summed E-state index contributed by atoms with van der Waals surface area (Å²) in [5, 5.41) is 20.6. The number of hydrogen-bond donors (Lipinski definition) is 2. The van der Waals surface area contributed by atoms with Gasteiger partial charge in [-0.3, -0.25) is 0 Å². The Morgan fingerprint density at radius 1 is 1.06 bits per heavy atom. The number of rotatable bonds is 1. The fourth-order valence-corrected chi connectivity index (χ4v) is 2.82. The molecule has 3 rings (SSSR count). The van der Waals surface area contributed by atoms with Gasteiger partial charge in [-0.25, -0.2) is 0 Å². The van der Waals surface area contributed by atoms with E-state index in [4.69, 9.17) is 0 Å². The van der Waals surface area contributed by atoms with Gasteiger partial charge in [0.05, 0.1) is 0 Å². The van der Waals surface area contributed by atoms with E-state index < -0.39 is 6.10 Å². The zero-order chi connectivity index (χ0) is 12.9. The molecule has 0 saturated heterocycles. The number of aromatic hydroxyl groups is 1. The van der Waals surface area contributed by atoms with Crippen molar-refractivity contribution in [1.82, 2.24) is 0 Å². The van der Waals surface area contributed by atoms with Crippen molar-refractivity contribution in [2.45, 2.75) is 25.9 Å². The molecule has 0 spiro atoms. The number of phenols is 1. The maximum absolute atomic E-state index is 10.5. The van der Waals surface area contributed by atoms with E-state index in [0.29, 0.717) is 5.92 Å². The molecule has 18 heavy (non-hydrogen) atoms. The maximum Gasteiger partial charge on any atom is 0.123 e. The van der Waals surface area contributed by atoms with Crippen molar-refractivity contribution in [1.29, 1.82) is 0 Å². The van der Waals surface area contributed by atoms with Crippen LogP contribution in [-0.2, 0) is 0 Å². The molecule has 2 aromatic rings. The normalized spacial score (nSPS) is 16.8. The van der Waals surface area contributed by atoms with Gasteiger partial charge < -0.3 is 10.2 Å². The van der Waals surface area contributed by atoms with Crippen molar-refractivity contribution < 1.29 is 10.2 Å².